The van der Waals surface area contributed by atoms with Crippen molar-refractivity contribution in [2.75, 3.05) is 26.2 Å². The van der Waals surface area contributed by atoms with Crippen LogP contribution >= 0.6 is 23.2 Å². The lowest BCUT2D eigenvalue weighted by Gasteiger charge is -2.30. The zero-order chi connectivity index (χ0) is 20.5. The highest BCUT2D eigenvalue weighted by molar-refractivity contribution is 6.42. The van der Waals surface area contributed by atoms with Crippen LogP contribution in [-0.2, 0) is 6.42 Å². The number of carbonyl (C=O) groups is 1. The number of aliphatic imine (C=N–C) groups is 1. The molecule has 2 aromatic rings. The van der Waals surface area contributed by atoms with E-state index in [0.717, 1.165) is 11.1 Å². The van der Waals surface area contributed by atoms with E-state index >= 15 is 0 Å². The maximum Gasteiger partial charge on any atom is 0.254 e. The first-order valence-electron chi connectivity index (χ1n) is 9.29. The van der Waals surface area contributed by atoms with Crippen molar-refractivity contribution in [2.45, 2.75) is 12.8 Å². The van der Waals surface area contributed by atoms with E-state index in [1.807, 2.05) is 0 Å². The molecule has 1 unspecified atom stereocenters. The number of hydrogen-bond acceptors (Lipinski definition) is 6. The molecule has 0 saturated heterocycles. The number of halogens is 2. The first-order chi connectivity index (χ1) is 14.0. The van der Waals surface area contributed by atoms with Crippen LogP contribution in [0.15, 0.2) is 45.2 Å². The summed E-state index contributed by atoms with van der Waals surface area (Å²) in [4.78, 5) is 19.4. The number of amides is 1. The standard InChI is InChI=1S/C20H20Cl2N4O3/c21-15-2-1-12(6-16(15)22)20(28)26-4-3-17(23)14(8-26)19-18-13(10-29-25-18)5-11(9-27)7-24-19/h1-2,6,10-11,27H,3-5,7-9,23H2. The Kier molecular flexibility index (Phi) is 5.63. The topological polar surface area (TPSA) is 105 Å². The van der Waals surface area contributed by atoms with Crippen molar-refractivity contribution in [3.63, 3.8) is 0 Å². The lowest BCUT2D eigenvalue weighted by Crippen LogP contribution is -2.40. The van der Waals surface area contributed by atoms with Crippen LogP contribution in [0.2, 0.25) is 10.0 Å². The quantitative estimate of drug-likeness (QED) is 0.772. The molecule has 1 aromatic carbocycles. The minimum Gasteiger partial charge on any atom is -0.402 e. The molecule has 4 rings (SSSR count). The van der Waals surface area contributed by atoms with Gasteiger partial charge in [-0.05, 0) is 24.6 Å². The smallest absolute Gasteiger partial charge is 0.254 e. The van der Waals surface area contributed by atoms with E-state index in [4.69, 9.17) is 33.5 Å². The molecule has 1 aromatic heterocycles. The molecule has 2 aliphatic heterocycles. The van der Waals surface area contributed by atoms with Crippen LogP contribution in [0.1, 0.15) is 28.0 Å². The van der Waals surface area contributed by atoms with Crippen molar-refractivity contribution in [2.24, 2.45) is 16.6 Å². The van der Waals surface area contributed by atoms with Crippen LogP contribution in [0.5, 0.6) is 0 Å². The monoisotopic (exact) mass is 434 g/mol. The Labute approximate surface area is 177 Å². The molecular weight excluding hydrogens is 415 g/mol. The number of aliphatic hydroxyl groups excluding tert-OH is 1. The molecule has 3 heterocycles. The molecule has 1 amide bonds. The summed E-state index contributed by atoms with van der Waals surface area (Å²) in [5.74, 6) is -0.165. The number of carbonyl (C=O) groups excluding carboxylic acids is 1. The normalized spacial score (nSPS) is 19.6. The zero-order valence-electron chi connectivity index (χ0n) is 15.6. The first kappa shape index (κ1) is 19.9. The maximum absolute atomic E-state index is 13.0. The lowest BCUT2D eigenvalue weighted by molar-refractivity contribution is 0.0766. The second-order valence-electron chi connectivity index (χ2n) is 7.24. The predicted octanol–water partition coefficient (Wildman–Crippen LogP) is 2.69. The molecule has 29 heavy (non-hydrogen) atoms. The number of hydrogen-bond donors (Lipinski definition) is 2. The number of rotatable bonds is 3. The fourth-order valence-corrected chi connectivity index (χ4v) is 3.92. The molecule has 3 N–H and O–H groups in total. The summed E-state index contributed by atoms with van der Waals surface area (Å²) in [6, 6.07) is 4.83. The fourth-order valence-electron chi connectivity index (χ4n) is 3.62. The summed E-state index contributed by atoms with van der Waals surface area (Å²) in [6.45, 7) is 1.28. The summed E-state index contributed by atoms with van der Waals surface area (Å²) in [5.41, 5.74) is 10.4. The lowest BCUT2D eigenvalue weighted by atomic mass is 9.96. The Morgan fingerprint density at radius 2 is 2.17 bits per heavy atom. The second-order valence-corrected chi connectivity index (χ2v) is 8.05. The van der Waals surface area contributed by atoms with Crippen molar-refractivity contribution in [1.82, 2.24) is 10.1 Å². The highest BCUT2D eigenvalue weighted by Gasteiger charge is 2.30. The van der Waals surface area contributed by atoms with E-state index in [1.54, 1.807) is 29.4 Å². The molecule has 0 spiro atoms. The van der Waals surface area contributed by atoms with Crippen molar-refractivity contribution >= 4 is 34.8 Å². The average Bonchev–Trinajstić information content (AvgIpc) is 3.10. The molecule has 2 aliphatic rings. The minimum atomic E-state index is -0.156. The van der Waals surface area contributed by atoms with Crippen molar-refractivity contribution in [3.8, 4) is 0 Å². The number of nitrogens with two attached hydrogens (primary N) is 1. The van der Waals surface area contributed by atoms with E-state index in [9.17, 15) is 9.90 Å². The van der Waals surface area contributed by atoms with Gasteiger partial charge in [-0.1, -0.05) is 28.4 Å². The fraction of sp³-hybridized carbons (Fsp3) is 0.350. The van der Waals surface area contributed by atoms with E-state index in [1.165, 1.54) is 0 Å². The SMILES string of the molecule is NC1=C(C2=NCC(CO)Cc3conc32)CN(C(=O)c2ccc(Cl)c(Cl)c2)CC1. The third-order valence-electron chi connectivity index (χ3n) is 5.27. The van der Waals surface area contributed by atoms with E-state index < -0.39 is 0 Å². The maximum atomic E-state index is 13.0. The summed E-state index contributed by atoms with van der Waals surface area (Å²) < 4.78 is 5.16. The second kappa shape index (κ2) is 8.18. The number of aliphatic hydroxyl groups is 1. The highest BCUT2D eigenvalue weighted by Crippen LogP contribution is 2.27. The Morgan fingerprint density at radius 1 is 1.34 bits per heavy atom. The Bertz CT molecular complexity index is 1010. The Hall–Kier alpha value is -2.35. The van der Waals surface area contributed by atoms with Crippen LogP contribution in [0.3, 0.4) is 0 Å². The molecule has 0 bridgehead atoms. The van der Waals surface area contributed by atoms with Gasteiger partial charge in [0.25, 0.3) is 5.91 Å². The van der Waals surface area contributed by atoms with Gasteiger partial charge >= 0.3 is 0 Å². The van der Waals surface area contributed by atoms with Crippen LogP contribution < -0.4 is 5.73 Å². The average molecular weight is 435 g/mol. The third-order valence-corrected chi connectivity index (χ3v) is 6.01. The van der Waals surface area contributed by atoms with Gasteiger partial charge in [-0.2, -0.15) is 0 Å². The Morgan fingerprint density at radius 3 is 2.93 bits per heavy atom. The van der Waals surface area contributed by atoms with Gasteiger partial charge in [0.15, 0.2) is 0 Å². The van der Waals surface area contributed by atoms with E-state index in [-0.39, 0.29) is 18.4 Å². The van der Waals surface area contributed by atoms with Gasteiger partial charge in [0.1, 0.15) is 12.0 Å². The molecule has 0 saturated carbocycles. The van der Waals surface area contributed by atoms with Crippen LogP contribution in [-0.4, -0.2) is 53.0 Å². The van der Waals surface area contributed by atoms with Gasteiger partial charge < -0.3 is 20.3 Å². The van der Waals surface area contributed by atoms with Crippen LogP contribution in [0.4, 0.5) is 0 Å². The van der Waals surface area contributed by atoms with Crippen LogP contribution in [0.25, 0.3) is 0 Å². The van der Waals surface area contributed by atoms with E-state index in [0.29, 0.717) is 65.2 Å². The van der Waals surface area contributed by atoms with Crippen molar-refractivity contribution in [1.29, 1.82) is 0 Å². The highest BCUT2D eigenvalue weighted by atomic mass is 35.5. The van der Waals surface area contributed by atoms with Crippen molar-refractivity contribution in [3.05, 3.63) is 62.6 Å². The number of nitrogens with zero attached hydrogens (tertiary/aromatic N) is 3. The molecule has 152 valence electrons. The van der Waals surface area contributed by atoms with E-state index in [2.05, 4.69) is 10.1 Å². The molecular formula is C20H20Cl2N4O3. The minimum absolute atomic E-state index is 0.00925. The molecule has 0 fully saturated rings. The number of benzene rings is 1. The van der Waals surface area contributed by atoms with Crippen molar-refractivity contribution < 1.29 is 14.4 Å². The summed E-state index contributed by atoms with van der Waals surface area (Å²) >= 11 is 12.0. The summed E-state index contributed by atoms with van der Waals surface area (Å²) in [6.07, 6.45) is 2.73. The molecule has 7 nitrogen and oxygen atoms in total. The molecule has 9 heteroatoms. The number of aromatic nitrogens is 1. The van der Waals surface area contributed by atoms with Crippen LogP contribution in [0, 0.1) is 5.92 Å². The van der Waals surface area contributed by atoms with Gasteiger partial charge in [-0.25, -0.2) is 0 Å². The molecule has 0 aliphatic carbocycles. The number of fused-ring (bicyclic) bond motifs is 1. The van der Waals surface area contributed by atoms with Gasteiger partial charge in [0, 0.05) is 61.0 Å². The predicted molar refractivity (Wildman–Crippen MR) is 110 cm³/mol. The van der Waals surface area contributed by atoms with Gasteiger partial charge in [-0.3, -0.25) is 9.79 Å². The largest absolute Gasteiger partial charge is 0.402 e. The Balaban J connectivity index is 1.64. The van der Waals surface area contributed by atoms with Gasteiger partial charge in [-0.15, -0.1) is 0 Å². The first-order valence-corrected chi connectivity index (χ1v) is 10.0. The van der Waals surface area contributed by atoms with Gasteiger partial charge in [0.2, 0.25) is 0 Å². The molecule has 1 atom stereocenters. The van der Waals surface area contributed by atoms with Gasteiger partial charge in [0.05, 0.1) is 15.8 Å². The zero-order valence-corrected chi connectivity index (χ0v) is 17.1. The third kappa shape index (κ3) is 3.90. The summed E-state index contributed by atoms with van der Waals surface area (Å²) in [7, 11) is 0. The molecule has 0 radical (unpaired) electrons. The summed E-state index contributed by atoms with van der Waals surface area (Å²) in [5, 5.41) is 14.4.